The van der Waals surface area contributed by atoms with Gasteiger partial charge in [-0.05, 0) is 18.2 Å². The zero-order valence-electron chi connectivity index (χ0n) is 8.53. The maximum atomic E-state index is 10.8. The third-order valence-electron chi connectivity index (χ3n) is 2.12. The molecule has 3 N–H and O–H groups in total. The van der Waals surface area contributed by atoms with Gasteiger partial charge in [-0.15, -0.1) is 5.10 Å². The second-order valence-electron chi connectivity index (χ2n) is 3.20. The third-order valence-corrected chi connectivity index (χ3v) is 2.12. The van der Waals surface area contributed by atoms with Gasteiger partial charge in [-0.3, -0.25) is 0 Å². The topological polar surface area (TPSA) is 118 Å². The first-order chi connectivity index (χ1) is 8.11. The van der Waals surface area contributed by atoms with E-state index < -0.39 is 5.97 Å². The van der Waals surface area contributed by atoms with Gasteiger partial charge in [0.15, 0.2) is 0 Å². The lowest BCUT2D eigenvalue weighted by Crippen LogP contribution is -2.04. The van der Waals surface area contributed by atoms with Crippen LogP contribution < -0.4 is 5.73 Å². The molecule has 0 spiro atoms. The predicted molar refractivity (Wildman–Crippen MR) is 57.4 cm³/mol. The number of aromatic nitrogens is 3. The normalized spacial score (nSPS) is 9.82. The molecule has 2 rings (SSSR count). The number of benzene rings is 1. The summed E-state index contributed by atoms with van der Waals surface area (Å²) >= 11 is 0. The van der Waals surface area contributed by atoms with Crippen molar-refractivity contribution < 1.29 is 9.90 Å². The Morgan fingerprint density at radius 2 is 2.29 bits per heavy atom. The number of nitrogen functional groups attached to an aromatic ring is 1. The summed E-state index contributed by atoms with van der Waals surface area (Å²) in [6.07, 6.45) is 1.35. The molecule has 0 aliphatic heterocycles. The summed E-state index contributed by atoms with van der Waals surface area (Å²) in [5, 5.41) is 21.2. The lowest BCUT2D eigenvalue weighted by molar-refractivity contribution is 0.0698. The fourth-order valence-corrected chi connectivity index (χ4v) is 1.33. The molecule has 0 unspecified atom stereocenters. The third kappa shape index (κ3) is 1.91. The summed E-state index contributed by atoms with van der Waals surface area (Å²) in [7, 11) is 0. The zero-order valence-corrected chi connectivity index (χ0v) is 8.53. The first-order valence-corrected chi connectivity index (χ1v) is 4.57. The van der Waals surface area contributed by atoms with E-state index in [1.165, 1.54) is 29.2 Å². The van der Waals surface area contributed by atoms with Crippen LogP contribution in [0.3, 0.4) is 0 Å². The van der Waals surface area contributed by atoms with Gasteiger partial charge in [0.05, 0.1) is 11.3 Å². The molecule has 0 amide bonds. The minimum Gasteiger partial charge on any atom is -0.478 e. The van der Waals surface area contributed by atoms with Gasteiger partial charge in [0.1, 0.15) is 12.4 Å². The maximum Gasteiger partial charge on any atom is 0.337 e. The Morgan fingerprint density at radius 3 is 2.82 bits per heavy atom. The van der Waals surface area contributed by atoms with Crippen molar-refractivity contribution in [1.29, 1.82) is 5.26 Å². The van der Waals surface area contributed by atoms with Crippen molar-refractivity contribution >= 4 is 11.7 Å². The molecular formula is C10H7N5O2. The number of rotatable bonds is 2. The minimum atomic E-state index is -1.09. The number of nitrogens with two attached hydrogens (primary N) is 1. The zero-order chi connectivity index (χ0) is 12.4. The fourth-order valence-electron chi connectivity index (χ4n) is 1.33. The lowest BCUT2D eigenvalue weighted by Gasteiger charge is -2.04. The predicted octanol–water partition coefficient (Wildman–Crippen LogP) is 0.419. The number of carboxylic acid groups (broad SMARTS) is 1. The molecule has 0 atom stereocenters. The number of hydrogen-bond acceptors (Lipinski definition) is 5. The van der Waals surface area contributed by atoms with Gasteiger partial charge in [-0.2, -0.15) is 5.26 Å². The highest BCUT2D eigenvalue weighted by Crippen LogP contribution is 2.16. The molecule has 2 aromatic rings. The van der Waals surface area contributed by atoms with E-state index in [4.69, 9.17) is 16.1 Å². The van der Waals surface area contributed by atoms with Crippen molar-refractivity contribution in [3.05, 3.63) is 35.9 Å². The van der Waals surface area contributed by atoms with Crippen LogP contribution >= 0.6 is 0 Å². The number of nitriles is 1. The molecule has 1 aromatic heterocycles. The van der Waals surface area contributed by atoms with Gasteiger partial charge in [0, 0.05) is 5.69 Å². The molecule has 17 heavy (non-hydrogen) atoms. The second kappa shape index (κ2) is 3.94. The number of nitrogens with zero attached hydrogens (tertiary/aromatic N) is 4. The van der Waals surface area contributed by atoms with Crippen LogP contribution in [-0.4, -0.2) is 25.8 Å². The minimum absolute atomic E-state index is 0.0226. The average Bonchev–Trinajstić information content (AvgIpc) is 2.76. The van der Waals surface area contributed by atoms with E-state index in [2.05, 4.69) is 10.1 Å². The van der Waals surface area contributed by atoms with Crippen molar-refractivity contribution in [2.24, 2.45) is 0 Å². The molecule has 0 aliphatic rings. The Labute approximate surface area is 95.7 Å². The first kappa shape index (κ1) is 10.6. The second-order valence-corrected chi connectivity index (χ2v) is 3.20. The summed E-state index contributed by atoms with van der Waals surface area (Å²) < 4.78 is 1.35. The van der Waals surface area contributed by atoms with Crippen molar-refractivity contribution in [2.75, 3.05) is 5.73 Å². The Balaban J connectivity index is 2.45. The van der Waals surface area contributed by atoms with Crippen LogP contribution in [0.2, 0.25) is 0 Å². The Bertz CT molecular complexity index is 626. The lowest BCUT2D eigenvalue weighted by atomic mass is 10.1. The van der Waals surface area contributed by atoms with Gasteiger partial charge in [-0.1, -0.05) is 0 Å². The van der Waals surface area contributed by atoms with Gasteiger partial charge in [0.25, 0.3) is 5.82 Å². The highest BCUT2D eigenvalue weighted by Gasteiger charge is 2.09. The van der Waals surface area contributed by atoms with Crippen molar-refractivity contribution in [3.8, 4) is 11.8 Å². The number of carboxylic acids is 1. The fraction of sp³-hybridized carbons (Fsp3) is 0. The van der Waals surface area contributed by atoms with Crippen molar-refractivity contribution in [3.63, 3.8) is 0 Å². The largest absolute Gasteiger partial charge is 0.478 e. The van der Waals surface area contributed by atoms with Crippen LogP contribution in [0.5, 0.6) is 0 Å². The molecule has 1 heterocycles. The van der Waals surface area contributed by atoms with Crippen LogP contribution in [0.1, 0.15) is 16.2 Å². The highest BCUT2D eigenvalue weighted by atomic mass is 16.4. The maximum absolute atomic E-state index is 10.8. The number of hydrogen-bond donors (Lipinski definition) is 2. The standard InChI is InChI=1S/C10H7N5O2/c11-4-9-13-5-15(14-9)6-1-2-7(10(16)17)8(12)3-6/h1-3,5H,12H2,(H,16,17). The molecule has 0 aliphatic carbocycles. The molecule has 84 valence electrons. The molecule has 0 fully saturated rings. The van der Waals surface area contributed by atoms with E-state index in [0.717, 1.165) is 0 Å². The monoisotopic (exact) mass is 229 g/mol. The van der Waals surface area contributed by atoms with Crippen molar-refractivity contribution in [2.45, 2.75) is 0 Å². The van der Waals surface area contributed by atoms with E-state index in [1.54, 1.807) is 6.07 Å². The molecule has 0 bridgehead atoms. The number of aromatic carboxylic acids is 1. The van der Waals surface area contributed by atoms with Gasteiger partial charge < -0.3 is 10.8 Å². The van der Waals surface area contributed by atoms with Crippen LogP contribution in [-0.2, 0) is 0 Å². The first-order valence-electron chi connectivity index (χ1n) is 4.57. The number of carbonyl (C=O) groups is 1. The van der Waals surface area contributed by atoms with Gasteiger partial charge in [0.2, 0.25) is 0 Å². The molecule has 7 nitrogen and oxygen atoms in total. The molecule has 0 saturated carbocycles. The summed E-state index contributed by atoms with van der Waals surface area (Å²) in [6, 6.07) is 6.16. The SMILES string of the molecule is N#Cc1ncn(-c2ccc(C(=O)O)c(N)c2)n1. The van der Waals surface area contributed by atoms with E-state index >= 15 is 0 Å². The van der Waals surface area contributed by atoms with Crippen LogP contribution in [0, 0.1) is 11.3 Å². The average molecular weight is 229 g/mol. The smallest absolute Gasteiger partial charge is 0.337 e. The van der Waals surface area contributed by atoms with Crippen molar-refractivity contribution in [1.82, 2.24) is 14.8 Å². The molecule has 0 saturated heterocycles. The van der Waals surface area contributed by atoms with E-state index in [-0.39, 0.29) is 17.1 Å². The van der Waals surface area contributed by atoms with Crippen LogP contribution in [0.15, 0.2) is 24.5 Å². The van der Waals surface area contributed by atoms with Gasteiger partial charge >= 0.3 is 5.97 Å². The summed E-state index contributed by atoms with van der Waals surface area (Å²) in [5.74, 6) is -1.06. The summed E-state index contributed by atoms with van der Waals surface area (Å²) in [6.45, 7) is 0. The molecule has 0 radical (unpaired) electrons. The molecule has 1 aromatic carbocycles. The Kier molecular flexibility index (Phi) is 2.46. The van der Waals surface area contributed by atoms with Crippen LogP contribution in [0.25, 0.3) is 5.69 Å². The summed E-state index contributed by atoms with van der Waals surface area (Å²) in [5.41, 5.74) is 6.29. The quantitative estimate of drug-likeness (QED) is 0.720. The molecular weight excluding hydrogens is 222 g/mol. The number of anilines is 1. The Hall–Kier alpha value is -2.88. The van der Waals surface area contributed by atoms with Gasteiger partial charge in [-0.25, -0.2) is 14.5 Å². The van der Waals surface area contributed by atoms with E-state index in [0.29, 0.717) is 5.69 Å². The van der Waals surface area contributed by atoms with E-state index in [1.807, 2.05) is 0 Å². The highest BCUT2D eigenvalue weighted by molar-refractivity contribution is 5.94. The van der Waals surface area contributed by atoms with Crippen LogP contribution in [0.4, 0.5) is 5.69 Å². The van der Waals surface area contributed by atoms with E-state index in [9.17, 15) is 4.79 Å². The summed E-state index contributed by atoms with van der Waals surface area (Å²) in [4.78, 5) is 14.5. The Morgan fingerprint density at radius 1 is 1.53 bits per heavy atom. The molecule has 7 heteroatoms.